The number of rotatable bonds is 4. The highest BCUT2D eigenvalue weighted by Gasteiger charge is 2.22. The molecule has 0 radical (unpaired) electrons. The van der Waals surface area contributed by atoms with Crippen LogP contribution in [0.1, 0.15) is 11.1 Å². The van der Waals surface area contributed by atoms with Gasteiger partial charge in [-0.1, -0.05) is 24.3 Å². The second-order valence-corrected chi connectivity index (χ2v) is 6.12. The van der Waals surface area contributed by atoms with Crippen LogP contribution >= 0.6 is 0 Å². The van der Waals surface area contributed by atoms with E-state index >= 15 is 0 Å². The third kappa shape index (κ3) is 3.03. The predicted molar refractivity (Wildman–Crippen MR) is 76.2 cm³/mol. The Kier molecular flexibility index (Phi) is 4.24. The van der Waals surface area contributed by atoms with E-state index in [2.05, 4.69) is 0 Å². The Morgan fingerprint density at radius 1 is 1.14 bits per heavy atom. The van der Waals surface area contributed by atoms with Crippen LogP contribution in [0.5, 0.6) is 0 Å². The lowest BCUT2D eigenvalue weighted by atomic mass is 10.2. The van der Waals surface area contributed by atoms with Gasteiger partial charge in [-0.05, 0) is 30.2 Å². The van der Waals surface area contributed by atoms with E-state index in [0.29, 0.717) is 5.56 Å². The Hall–Kier alpha value is -1.99. The smallest absolute Gasteiger partial charge is 0.262 e. The lowest BCUT2D eigenvalue weighted by molar-refractivity contribution is 0.578. The van der Waals surface area contributed by atoms with Crippen LogP contribution in [0.15, 0.2) is 41.3 Å². The van der Waals surface area contributed by atoms with Crippen molar-refractivity contribution in [1.82, 2.24) is 0 Å². The molecule has 112 valence electrons. The SMILES string of the molecule is Cc1ccc(F)c(NS(=O)(=O)c2ccccc2CN)c1F. The monoisotopic (exact) mass is 312 g/mol. The summed E-state index contributed by atoms with van der Waals surface area (Å²) in [6.07, 6.45) is 0. The molecule has 0 saturated heterocycles. The van der Waals surface area contributed by atoms with Crippen molar-refractivity contribution in [2.75, 3.05) is 4.72 Å². The highest BCUT2D eigenvalue weighted by Crippen LogP contribution is 2.25. The Morgan fingerprint density at radius 3 is 2.48 bits per heavy atom. The molecule has 0 amide bonds. The topological polar surface area (TPSA) is 72.2 Å². The number of nitrogens with two attached hydrogens (primary N) is 1. The average molecular weight is 312 g/mol. The van der Waals surface area contributed by atoms with Crippen LogP contribution in [0.3, 0.4) is 0 Å². The molecule has 0 spiro atoms. The molecule has 0 aromatic heterocycles. The molecule has 0 saturated carbocycles. The number of sulfonamides is 1. The Morgan fingerprint density at radius 2 is 1.81 bits per heavy atom. The maximum atomic E-state index is 13.9. The van der Waals surface area contributed by atoms with E-state index in [9.17, 15) is 17.2 Å². The highest BCUT2D eigenvalue weighted by atomic mass is 32.2. The van der Waals surface area contributed by atoms with Gasteiger partial charge in [0.1, 0.15) is 11.5 Å². The Balaban J connectivity index is 2.50. The van der Waals surface area contributed by atoms with Crippen molar-refractivity contribution in [2.45, 2.75) is 18.4 Å². The van der Waals surface area contributed by atoms with Crippen molar-refractivity contribution in [3.63, 3.8) is 0 Å². The van der Waals surface area contributed by atoms with E-state index in [4.69, 9.17) is 5.73 Å². The zero-order chi connectivity index (χ0) is 15.6. The summed E-state index contributed by atoms with van der Waals surface area (Å²) >= 11 is 0. The quantitative estimate of drug-likeness (QED) is 0.911. The third-order valence-electron chi connectivity index (χ3n) is 3.00. The van der Waals surface area contributed by atoms with Gasteiger partial charge < -0.3 is 5.73 Å². The summed E-state index contributed by atoms with van der Waals surface area (Å²) in [6, 6.07) is 8.25. The van der Waals surface area contributed by atoms with Gasteiger partial charge in [-0.2, -0.15) is 0 Å². The summed E-state index contributed by atoms with van der Waals surface area (Å²) in [5.41, 5.74) is 5.29. The van der Waals surface area contributed by atoms with Gasteiger partial charge in [-0.15, -0.1) is 0 Å². The lowest BCUT2D eigenvalue weighted by Gasteiger charge is -2.13. The van der Waals surface area contributed by atoms with Gasteiger partial charge in [-0.3, -0.25) is 4.72 Å². The number of halogens is 2. The molecular weight excluding hydrogens is 298 g/mol. The molecule has 0 fully saturated rings. The van der Waals surface area contributed by atoms with Gasteiger partial charge in [0.05, 0.1) is 4.90 Å². The van der Waals surface area contributed by atoms with Crippen LogP contribution in [0, 0.1) is 18.6 Å². The van der Waals surface area contributed by atoms with Crippen LogP contribution in [0.25, 0.3) is 0 Å². The number of benzene rings is 2. The van der Waals surface area contributed by atoms with Gasteiger partial charge in [-0.25, -0.2) is 17.2 Å². The number of anilines is 1. The van der Waals surface area contributed by atoms with Crippen molar-refractivity contribution in [1.29, 1.82) is 0 Å². The standard InChI is InChI=1S/C14H14F2N2O2S/c1-9-6-7-11(15)14(13(9)16)18-21(19,20)12-5-3-2-4-10(12)8-17/h2-7,18H,8,17H2,1H3. The predicted octanol–water partition coefficient (Wildman–Crippen LogP) is 2.53. The maximum Gasteiger partial charge on any atom is 0.262 e. The van der Waals surface area contributed by atoms with E-state index in [1.165, 1.54) is 31.2 Å². The molecule has 2 aromatic rings. The Labute approximate surface area is 121 Å². The fourth-order valence-electron chi connectivity index (χ4n) is 1.87. The normalized spacial score (nSPS) is 11.4. The highest BCUT2D eigenvalue weighted by molar-refractivity contribution is 7.92. The summed E-state index contributed by atoms with van der Waals surface area (Å²) in [7, 11) is -4.13. The molecule has 3 N–H and O–H groups in total. The molecule has 0 aliphatic rings. The van der Waals surface area contributed by atoms with E-state index in [1.54, 1.807) is 6.07 Å². The van der Waals surface area contributed by atoms with Gasteiger partial charge in [0.25, 0.3) is 10.0 Å². The van der Waals surface area contributed by atoms with E-state index in [1.807, 2.05) is 4.72 Å². The van der Waals surface area contributed by atoms with Crippen molar-refractivity contribution in [2.24, 2.45) is 5.73 Å². The molecule has 7 heteroatoms. The molecule has 0 unspecified atom stereocenters. The second-order valence-electron chi connectivity index (χ2n) is 4.47. The van der Waals surface area contributed by atoms with Crippen LogP contribution in [0.2, 0.25) is 0 Å². The number of hydrogen-bond acceptors (Lipinski definition) is 3. The molecule has 0 heterocycles. The molecule has 0 bridgehead atoms. The van der Waals surface area contributed by atoms with Crippen molar-refractivity contribution >= 4 is 15.7 Å². The molecular formula is C14H14F2N2O2S. The fraction of sp³-hybridized carbons (Fsp3) is 0.143. The molecule has 0 aliphatic carbocycles. The van der Waals surface area contributed by atoms with Crippen molar-refractivity contribution in [3.05, 3.63) is 59.2 Å². The van der Waals surface area contributed by atoms with E-state index in [0.717, 1.165) is 6.07 Å². The van der Waals surface area contributed by atoms with Crippen LogP contribution in [0.4, 0.5) is 14.5 Å². The minimum atomic E-state index is -4.13. The number of nitrogens with one attached hydrogen (secondary N) is 1. The largest absolute Gasteiger partial charge is 0.326 e. The second kappa shape index (κ2) is 5.79. The van der Waals surface area contributed by atoms with Gasteiger partial charge >= 0.3 is 0 Å². The first-order valence-corrected chi connectivity index (χ1v) is 7.60. The van der Waals surface area contributed by atoms with Crippen LogP contribution < -0.4 is 10.5 Å². The summed E-state index contributed by atoms with van der Waals surface area (Å²) in [5.74, 6) is -1.92. The van der Waals surface area contributed by atoms with Gasteiger partial charge in [0.15, 0.2) is 5.82 Å². The van der Waals surface area contributed by atoms with Gasteiger partial charge in [0, 0.05) is 6.54 Å². The zero-order valence-corrected chi connectivity index (χ0v) is 12.0. The number of aryl methyl sites for hydroxylation is 1. The summed E-state index contributed by atoms with van der Waals surface area (Å²) < 4.78 is 54.1. The summed E-state index contributed by atoms with van der Waals surface area (Å²) in [5, 5.41) is 0. The molecule has 21 heavy (non-hydrogen) atoms. The maximum absolute atomic E-state index is 13.9. The first-order valence-electron chi connectivity index (χ1n) is 6.12. The average Bonchev–Trinajstić information content (AvgIpc) is 2.47. The third-order valence-corrected chi connectivity index (χ3v) is 4.45. The lowest BCUT2D eigenvalue weighted by Crippen LogP contribution is -2.18. The zero-order valence-electron chi connectivity index (χ0n) is 11.2. The van der Waals surface area contributed by atoms with Crippen LogP contribution in [-0.2, 0) is 16.6 Å². The summed E-state index contributed by atoms with van der Waals surface area (Å²) in [4.78, 5) is -0.104. The minimum absolute atomic E-state index is 0.00410. The Bertz CT molecular complexity index is 777. The fourth-order valence-corrected chi connectivity index (χ4v) is 3.19. The van der Waals surface area contributed by atoms with Gasteiger partial charge in [0.2, 0.25) is 0 Å². The molecule has 2 aromatic carbocycles. The summed E-state index contributed by atoms with van der Waals surface area (Å²) in [6.45, 7) is 1.41. The van der Waals surface area contributed by atoms with Crippen molar-refractivity contribution < 1.29 is 17.2 Å². The molecule has 0 atom stereocenters. The van der Waals surface area contributed by atoms with Crippen LogP contribution in [-0.4, -0.2) is 8.42 Å². The van der Waals surface area contributed by atoms with E-state index in [-0.39, 0.29) is 17.0 Å². The minimum Gasteiger partial charge on any atom is -0.326 e. The molecule has 4 nitrogen and oxygen atoms in total. The van der Waals surface area contributed by atoms with E-state index < -0.39 is 27.3 Å². The first kappa shape index (κ1) is 15.4. The molecule has 2 rings (SSSR count). The van der Waals surface area contributed by atoms with Crippen molar-refractivity contribution in [3.8, 4) is 0 Å². The first-order chi connectivity index (χ1) is 9.86. The number of hydrogen-bond donors (Lipinski definition) is 2. The molecule has 0 aliphatic heterocycles.